The molecular weight excluding hydrogens is 158 g/mol. The molecule has 0 aliphatic carbocycles. The average Bonchev–Trinajstić information content (AvgIpc) is 1.82. The molecule has 2 radical (unpaired) electrons. The summed E-state index contributed by atoms with van der Waals surface area (Å²) in [5, 5.41) is 0. The Hall–Kier alpha value is 0.921. The zero-order valence-electron chi connectivity index (χ0n) is 8.73. The van der Waals surface area contributed by atoms with Gasteiger partial charge in [0.1, 0.15) is 7.85 Å². The molecule has 0 saturated heterocycles. The Balaban J connectivity index is 0. The first kappa shape index (κ1) is 11.9. The molecule has 0 aliphatic heterocycles. The van der Waals surface area contributed by atoms with Crippen LogP contribution in [0.2, 0.25) is 0 Å². The number of rotatable bonds is 0. The molecule has 0 aliphatic rings. The summed E-state index contributed by atoms with van der Waals surface area (Å²) in [4.78, 5) is 0. The molecule has 0 fully saturated rings. The van der Waals surface area contributed by atoms with Crippen molar-refractivity contribution in [2.24, 2.45) is 0 Å². The van der Waals surface area contributed by atoms with Crippen molar-refractivity contribution in [3.8, 4) is 0 Å². The van der Waals surface area contributed by atoms with Crippen LogP contribution in [0.3, 0.4) is 0 Å². The molecule has 1 aromatic rings. The van der Waals surface area contributed by atoms with Crippen LogP contribution in [-0.4, -0.2) is 7.85 Å². The Morgan fingerprint density at radius 2 is 1.45 bits per heavy atom. The molecule has 11 heavy (non-hydrogen) atoms. The van der Waals surface area contributed by atoms with E-state index >= 15 is 0 Å². The van der Waals surface area contributed by atoms with Crippen LogP contribution in [0.25, 0.3) is 0 Å². The van der Waals surface area contributed by atoms with Gasteiger partial charge in [0, 0.05) is 0 Å². The smallest absolute Gasteiger partial charge is 1.00 e. The maximum absolute atomic E-state index is 5.75. The third kappa shape index (κ3) is 3.04. The largest absolute Gasteiger partial charge is 1.00 e. The van der Waals surface area contributed by atoms with Crippen molar-refractivity contribution >= 4 is 13.3 Å². The molecule has 0 unspecified atom stereocenters. The summed E-state index contributed by atoms with van der Waals surface area (Å²) in [6.45, 7) is 6.16. The van der Waals surface area contributed by atoms with E-state index < -0.39 is 0 Å². The van der Waals surface area contributed by atoms with E-state index in [-0.39, 0.29) is 52.8 Å². The quantitative estimate of drug-likeness (QED) is 0.417. The van der Waals surface area contributed by atoms with Crippen LogP contribution in [0, 0.1) is 20.8 Å². The second kappa shape index (κ2) is 4.83. The zero-order chi connectivity index (χ0) is 7.72. The van der Waals surface area contributed by atoms with E-state index in [1.807, 2.05) is 13.8 Å². The summed E-state index contributed by atoms with van der Waals surface area (Å²) in [5.41, 5.74) is 4.56. The molecule has 0 N–H and O–H groups in total. The van der Waals surface area contributed by atoms with Crippen LogP contribution >= 0.6 is 0 Å². The van der Waals surface area contributed by atoms with Crippen LogP contribution in [-0.2, 0) is 0 Å². The first-order valence-electron chi connectivity index (χ1n) is 3.44. The van der Waals surface area contributed by atoms with Gasteiger partial charge in [0.15, 0.2) is 0 Å². The molecule has 1 aromatic carbocycles. The summed E-state index contributed by atoms with van der Waals surface area (Å²) < 4.78 is 0. The van der Waals surface area contributed by atoms with E-state index in [4.69, 9.17) is 7.85 Å². The molecule has 2 heteroatoms. The molecule has 0 spiro atoms. The summed E-state index contributed by atoms with van der Waals surface area (Å²) in [5.74, 6) is 0. The van der Waals surface area contributed by atoms with Gasteiger partial charge in [-0.25, -0.2) is 0 Å². The monoisotopic (exact) mass is 170 g/mol. The first-order chi connectivity index (χ1) is 4.61. The summed E-state index contributed by atoms with van der Waals surface area (Å²) >= 11 is 0. The third-order valence-corrected chi connectivity index (χ3v) is 1.74. The predicted molar refractivity (Wildman–Crippen MR) is 47.2 cm³/mol. The van der Waals surface area contributed by atoms with E-state index in [1.165, 1.54) is 16.7 Å². The molecule has 0 atom stereocenters. The van der Waals surface area contributed by atoms with Crippen LogP contribution < -0.4 is 56.8 Å². The molecule has 0 bridgehead atoms. The van der Waals surface area contributed by atoms with E-state index in [0.29, 0.717) is 0 Å². The molecule has 52 valence electrons. The van der Waals surface area contributed by atoms with E-state index in [9.17, 15) is 0 Å². The number of benzene rings is 1. The number of hydrogen-bond donors (Lipinski definition) is 0. The van der Waals surface area contributed by atoms with Crippen molar-refractivity contribution in [2.45, 2.75) is 20.8 Å². The van der Waals surface area contributed by atoms with Gasteiger partial charge in [-0.05, 0) is 20.8 Å². The molecule has 0 aromatic heterocycles. The molecule has 0 amide bonds. The van der Waals surface area contributed by atoms with Crippen molar-refractivity contribution in [3.05, 3.63) is 28.8 Å². The first-order valence-corrected chi connectivity index (χ1v) is 3.44. The standard InChI is InChI=1S/C9H11B.K.H/c1-6-4-7(2)9(10)8(3)5-6;;/h4-5H,1-3H3;;/q;+1;-1. The van der Waals surface area contributed by atoms with Gasteiger partial charge in [0.2, 0.25) is 0 Å². The van der Waals surface area contributed by atoms with Gasteiger partial charge in [-0.3, -0.25) is 0 Å². The predicted octanol–water partition coefficient (Wildman–Crippen LogP) is -1.48. The molecule has 1 rings (SSSR count). The van der Waals surface area contributed by atoms with E-state index in [0.717, 1.165) is 5.46 Å². The minimum absolute atomic E-state index is 0. The maximum atomic E-state index is 5.75. The molecule has 0 nitrogen and oxygen atoms in total. The molecule has 0 saturated carbocycles. The Morgan fingerprint density at radius 1 is 1.09 bits per heavy atom. The fraction of sp³-hybridized carbons (Fsp3) is 0.333. The van der Waals surface area contributed by atoms with Crippen LogP contribution in [0.1, 0.15) is 18.1 Å². The topological polar surface area (TPSA) is 0 Å². The van der Waals surface area contributed by atoms with Crippen LogP contribution in [0.4, 0.5) is 0 Å². The second-order valence-electron chi connectivity index (χ2n) is 2.81. The van der Waals surface area contributed by atoms with E-state index in [1.54, 1.807) is 0 Å². The van der Waals surface area contributed by atoms with Gasteiger partial charge in [0.05, 0.1) is 0 Å². The van der Waals surface area contributed by atoms with Gasteiger partial charge in [-0.2, -0.15) is 0 Å². The van der Waals surface area contributed by atoms with Gasteiger partial charge in [-0.15, -0.1) is 0 Å². The van der Waals surface area contributed by atoms with Crippen molar-refractivity contribution < 1.29 is 52.8 Å². The Morgan fingerprint density at radius 3 is 1.82 bits per heavy atom. The Bertz CT molecular complexity index is 238. The maximum Gasteiger partial charge on any atom is 1.00 e. The van der Waals surface area contributed by atoms with Crippen LogP contribution in [0.15, 0.2) is 12.1 Å². The van der Waals surface area contributed by atoms with Gasteiger partial charge in [0.25, 0.3) is 0 Å². The Kier molecular flexibility index (Phi) is 5.23. The third-order valence-electron chi connectivity index (χ3n) is 1.74. The van der Waals surface area contributed by atoms with Gasteiger partial charge < -0.3 is 1.43 Å². The summed E-state index contributed by atoms with van der Waals surface area (Å²) in [6, 6.07) is 4.20. The zero-order valence-corrected chi connectivity index (χ0v) is 10.9. The molecule has 0 heterocycles. The Labute approximate surface area is 114 Å². The minimum atomic E-state index is 0. The number of hydrogen-bond acceptors (Lipinski definition) is 0. The van der Waals surface area contributed by atoms with Crippen molar-refractivity contribution in [1.29, 1.82) is 0 Å². The van der Waals surface area contributed by atoms with Crippen molar-refractivity contribution in [2.75, 3.05) is 0 Å². The molecular formula is C9H12BK. The normalized spacial score (nSPS) is 9.00. The van der Waals surface area contributed by atoms with Crippen LogP contribution in [0.5, 0.6) is 0 Å². The van der Waals surface area contributed by atoms with Crippen molar-refractivity contribution in [3.63, 3.8) is 0 Å². The summed E-state index contributed by atoms with van der Waals surface area (Å²) in [7, 11) is 5.75. The van der Waals surface area contributed by atoms with E-state index in [2.05, 4.69) is 19.1 Å². The minimum Gasteiger partial charge on any atom is -1.00 e. The van der Waals surface area contributed by atoms with Gasteiger partial charge >= 0.3 is 51.4 Å². The fourth-order valence-corrected chi connectivity index (χ4v) is 1.19. The number of aryl methyl sites for hydroxylation is 3. The fourth-order valence-electron chi connectivity index (χ4n) is 1.19. The average molecular weight is 170 g/mol. The SMILES string of the molecule is [B]c1c(C)cc(C)cc1C.[H-].[K+]. The van der Waals surface area contributed by atoms with Crippen molar-refractivity contribution in [1.82, 2.24) is 0 Å². The van der Waals surface area contributed by atoms with Gasteiger partial charge in [-0.1, -0.05) is 34.3 Å². The summed E-state index contributed by atoms with van der Waals surface area (Å²) in [6.07, 6.45) is 0. The second-order valence-corrected chi connectivity index (χ2v) is 2.81.